The highest BCUT2D eigenvalue weighted by Gasteiger charge is 2.19. The van der Waals surface area contributed by atoms with E-state index in [0.717, 1.165) is 25.7 Å². The van der Waals surface area contributed by atoms with Crippen molar-refractivity contribution >= 4 is 5.91 Å². The third-order valence-electron chi connectivity index (χ3n) is 7.23. The minimum absolute atomic E-state index is 0.101. The average Bonchev–Trinajstić information content (AvgIpc) is 2.90. The molecule has 0 aromatic heterocycles. The summed E-state index contributed by atoms with van der Waals surface area (Å²) in [6.45, 7) is 4.29. The molecule has 0 heterocycles. The molecule has 1 amide bonds. The van der Waals surface area contributed by atoms with Gasteiger partial charge in [-0.25, -0.2) is 0 Å². The highest BCUT2D eigenvalue weighted by molar-refractivity contribution is 5.76. The fourth-order valence-electron chi connectivity index (χ4n) is 4.70. The minimum atomic E-state index is -0.676. The molecule has 0 radical (unpaired) electrons. The standard InChI is InChI=1S/C33H63NO3/c1-3-5-7-9-11-13-15-17-19-21-23-25-27-29-33(37)34-31(30-35)32(36)28-26-24-22-20-18-16-14-12-10-8-6-4-2/h17,19,23,25,31-32,35-36H,3-16,18,20-22,24,26-30H2,1-2H3,(H,34,37)/b19-17-,25-23-. The maximum atomic E-state index is 12.2. The first-order valence-electron chi connectivity index (χ1n) is 16.0. The second kappa shape index (κ2) is 29.4. The van der Waals surface area contributed by atoms with Crippen molar-refractivity contribution in [2.45, 2.75) is 174 Å². The molecule has 37 heavy (non-hydrogen) atoms. The zero-order valence-electron chi connectivity index (χ0n) is 24.7. The van der Waals surface area contributed by atoms with Gasteiger partial charge in [0.15, 0.2) is 0 Å². The van der Waals surface area contributed by atoms with Gasteiger partial charge in [-0.1, -0.05) is 147 Å². The molecule has 0 aromatic rings. The van der Waals surface area contributed by atoms with E-state index in [0.29, 0.717) is 19.3 Å². The number of carbonyl (C=O) groups is 1. The summed E-state index contributed by atoms with van der Waals surface area (Å²) in [5, 5.41) is 22.8. The van der Waals surface area contributed by atoms with Crippen molar-refractivity contribution in [2.75, 3.05) is 6.61 Å². The van der Waals surface area contributed by atoms with E-state index in [1.54, 1.807) is 0 Å². The summed E-state index contributed by atoms with van der Waals surface area (Å²) in [5.74, 6) is -0.101. The van der Waals surface area contributed by atoms with Crippen molar-refractivity contribution in [1.29, 1.82) is 0 Å². The Bertz CT molecular complexity index is 532. The van der Waals surface area contributed by atoms with Crippen LogP contribution in [-0.2, 0) is 4.79 Å². The number of allylic oxidation sites excluding steroid dienone is 4. The normalized spacial score (nSPS) is 13.5. The van der Waals surface area contributed by atoms with E-state index in [1.165, 1.54) is 103 Å². The molecule has 4 nitrogen and oxygen atoms in total. The van der Waals surface area contributed by atoms with Crippen molar-refractivity contribution in [2.24, 2.45) is 0 Å². The van der Waals surface area contributed by atoms with Crippen LogP contribution >= 0.6 is 0 Å². The predicted molar refractivity (Wildman–Crippen MR) is 161 cm³/mol. The van der Waals surface area contributed by atoms with Crippen LogP contribution in [0.4, 0.5) is 0 Å². The number of hydrogen-bond acceptors (Lipinski definition) is 3. The van der Waals surface area contributed by atoms with Crippen LogP contribution in [0.1, 0.15) is 162 Å². The van der Waals surface area contributed by atoms with Gasteiger partial charge < -0.3 is 15.5 Å². The Labute approximate surface area is 230 Å². The molecule has 2 unspecified atom stereocenters. The maximum absolute atomic E-state index is 12.2. The third-order valence-corrected chi connectivity index (χ3v) is 7.23. The van der Waals surface area contributed by atoms with Gasteiger partial charge in [-0.15, -0.1) is 0 Å². The zero-order chi connectivity index (χ0) is 27.2. The Morgan fingerprint density at radius 2 is 1.11 bits per heavy atom. The summed E-state index contributed by atoms with van der Waals surface area (Å²) in [4.78, 5) is 12.2. The molecular weight excluding hydrogens is 458 g/mol. The first-order valence-corrected chi connectivity index (χ1v) is 16.0. The molecule has 0 aromatic carbocycles. The maximum Gasteiger partial charge on any atom is 0.220 e. The monoisotopic (exact) mass is 521 g/mol. The Kier molecular flexibility index (Phi) is 28.5. The van der Waals surface area contributed by atoms with Crippen LogP contribution in [0.15, 0.2) is 24.3 Å². The topological polar surface area (TPSA) is 69.6 Å². The van der Waals surface area contributed by atoms with E-state index in [1.807, 2.05) is 6.08 Å². The lowest BCUT2D eigenvalue weighted by Gasteiger charge is -2.22. The summed E-state index contributed by atoms with van der Waals surface area (Å²) in [5.41, 5.74) is 0. The quantitative estimate of drug-likeness (QED) is 0.0711. The molecule has 0 rings (SSSR count). The van der Waals surface area contributed by atoms with E-state index >= 15 is 0 Å². The molecule has 0 spiro atoms. The van der Waals surface area contributed by atoms with E-state index < -0.39 is 12.1 Å². The van der Waals surface area contributed by atoms with Gasteiger partial charge >= 0.3 is 0 Å². The summed E-state index contributed by atoms with van der Waals surface area (Å²) in [7, 11) is 0. The van der Waals surface area contributed by atoms with Gasteiger partial charge in [-0.2, -0.15) is 0 Å². The number of carbonyl (C=O) groups excluding carboxylic acids is 1. The summed E-state index contributed by atoms with van der Waals surface area (Å²) < 4.78 is 0. The van der Waals surface area contributed by atoms with Crippen LogP contribution in [-0.4, -0.2) is 34.9 Å². The smallest absolute Gasteiger partial charge is 0.220 e. The summed E-state index contributed by atoms with van der Waals surface area (Å²) in [6, 6.07) is -0.561. The number of amides is 1. The summed E-state index contributed by atoms with van der Waals surface area (Å²) in [6.07, 6.45) is 35.1. The number of hydrogen-bond donors (Lipinski definition) is 3. The number of nitrogens with one attached hydrogen (secondary N) is 1. The van der Waals surface area contributed by atoms with Crippen LogP contribution in [0.5, 0.6) is 0 Å². The van der Waals surface area contributed by atoms with E-state index in [2.05, 4.69) is 37.4 Å². The molecule has 0 aliphatic rings. The van der Waals surface area contributed by atoms with Gasteiger partial charge in [-0.05, 0) is 32.1 Å². The van der Waals surface area contributed by atoms with Gasteiger partial charge in [0.2, 0.25) is 5.91 Å². The van der Waals surface area contributed by atoms with Crippen LogP contribution < -0.4 is 5.32 Å². The fourth-order valence-corrected chi connectivity index (χ4v) is 4.70. The third kappa shape index (κ3) is 26.3. The van der Waals surface area contributed by atoms with Crippen molar-refractivity contribution in [1.82, 2.24) is 5.32 Å². The number of unbranched alkanes of at least 4 members (excludes halogenated alkanes) is 17. The van der Waals surface area contributed by atoms with Crippen molar-refractivity contribution in [3.8, 4) is 0 Å². The molecule has 4 heteroatoms. The second-order valence-electron chi connectivity index (χ2n) is 10.9. The molecular formula is C33H63NO3. The molecule has 218 valence electrons. The van der Waals surface area contributed by atoms with Crippen molar-refractivity contribution < 1.29 is 15.0 Å². The number of aliphatic hydroxyl groups excluding tert-OH is 2. The lowest BCUT2D eigenvalue weighted by molar-refractivity contribution is -0.123. The predicted octanol–water partition coefficient (Wildman–Crippen LogP) is 8.95. The highest BCUT2D eigenvalue weighted by Crippen LogP contribution is 2.14. The Morgan fingerprint density at radius 1 is 0.649 bits per heavy atom. The lowest BCUT2D eigenvalue weighted by atomic mass is 10.0. The van der Waals surface area contributed by atoms with Gasteiger partial charge in [0, 0.05) is 6.42 Å². The minimum Gasteiger partial charge on any atom is -0.394 e. The van der Waals surface area contributed by atoms with Gasteiger partial charge in [0.05, 0.1) is 18.8 Å². The van der Waals surface area contributed by atoms with E-state index in [4.69, 9.17) is 0 Å². The first-order chi connectivity index (χ1) is 18.2. The Hall–Kier alpha value is -1.13. The average molecular weight is 522 g/mol. The highest BCUT2D eigenvalue weighted by atomic mass is 16.3. The molecule has 3 N–H and O–H groups in total. The molecule has 2 atom stereocenters. The van der Waals surface area contributed by atoms with Crippen molar-refractivity contribution in [3.63, 3.8) is 0 Å². The number of rotatable bonds is 28. The fraction of sp³-hybridized carbons (Fsp3) is 0.848. The Morgan fingerprint density at radius 3 is 1.62 bits per heavy atom. The van der Waals surface area contributed by atoms with Crippen LogP contribution in [0.2, 0.25) is 0 Å². The van der Waals surface area contributed by atoms with Gasteiger partial charge in [0.25, 0.3) is 0 Å². The first kappa shape index (κ1) is 35.9. The lowest BCUT2D eigenvalue weighted by Crippen LogP contribution is -2.45. The zero-order valence-corrected chi connectivity index (χ0v) is 24.7. The van der Waals surface area contributed by atoms with Crippen LogP contribution in [0.25, 0.3) is 0 Å². The van der Waals surface area contributed by atoms with Crippen LogP contribution in [0.3, 0.4) is 0 Å². The van der Waals surface area contributed by atoms with Crippen LogP contribution in [0, 0.1) is 0 Å². The van der Waals surface area contributed by atoms with Crippen molar-refractivity contribution in [3.05, 3.63) is 24.3 Å². The molecule has 0 aliphatic heterocycles. The van der Waals surface area contributed by atoms with Gasteiger partial charge in [0.1, 0.15) is 0 Å². The molecule has 0 aliphatic carbocycles. The second-order valence-corrected chi connectivity index (χ2v) is 10.9. The van der Waals surface area contributed by atoms with E-state index in [-0.39, 0.29) is 12.5 Å². The Balaban J connectivity index is 3.70. The number of aliphatic hydroxyl groups is 2. The molecule has 0 saturated heterocycles. The largest absolute Gasteiger partial charge is 0.394 e. The molecule has 0 saturated carbocycles. The van der Waals surface area contributed by atoms with E-state index in [9.17, 15) is 15.0 Å². The molecule has 0 bridgehead atoms. The molecule has 0 fully saturated rings. The van der Waals surface area contributed by atoms with Gasteiger partial charge in [-0.3, -0.25) is 4.79 Å². The summed E-state index contributed by atoms with van der Waals surface area (Å²) >= 11 is 0. The SMILES string of the molecule is CCCCCCCC/C=C\C/C=C\CCC(=O)NC(CO)C(O)CCCCCCCCCCCCCC.